The number of amides is 1. The summed E-state index contributed by atoms with van der Waals surface area (Å²) >= 11 is 0. The molecule has 0 spiro atoms. The van der Waals surface area contributed by atoms with E-state index < -0.39 is 5.54 Å². The molecule has 0 aromatic heterocycles. The summed E-state index contributed by atoms with van der Waals surface area (Å²) in [6, 6.07) is 8.05. The first kappa shape index (κ1) is 14.0. The van der Waals surface area contributed by atoms with E-state index in [9.17, 15) is 4.79 Å². The topological polar surface area (TPSA) is 44.4 Å². The predicted octanol–water partition coefficient (Wildman–Crippen LogP) is 1.83. The lowest BCUT2D eigenvalue weighted by Crippen LogP contribution is -2.47. The van der Waals surface area contributed by atoms with Gasteiger partial charge in [-0.25, -0.2) is 0 Å². The molecular formula is C15H23N3O. The van der Waals surface area contributed by atoms with E-state index in [2.05, 4.69) is 27.7 Å². The van der Waals surface area contributed by atoms with Crippen LogP contribution < -0.4 is 10.6 Å². The van der Waals surface area contributed by atoms with Crippen molar-refractivity contribution in [2.24, 2.45) is 0 Å². The van der Waals surface area contributed by atoms with E-state index in [0.717, 1.165) is 31.6 Å². The summed E-state index contributed by atoms with van der Waals surface area (Å²) in [6.07, 6.45) is 1.96. The Labute approximate surface area is 115 Å². The summed E-state index contributed by atoms with van der Waals surface area (Å²) in [4.78, 5) is 14.3. The van der Waals surface area contributed by atoms with Crippen LogP contribution in [0.1, 0.15) is 25.3 Å². The van der Waals surface area contributed by atoms with E-state index in [0.29, 0.717) is 0 Å². The van der Waals surface area contributed by atoms with Gasteiger partial charge in [-0.1, -0.05) is 12.1 Å². The maximum absolute atomic E-state index is 12.2. The number of anilines is 1. The van der Waals surface area contributed by atoms with Gasteiger partial charge in [0.2, 0.25) is 5.91 Å². The smallest absolute Gasteiger partial charge is 0.244 e. The first-order valence-electron chi connectivity index (χ1n) is 6.80. The van der Waals surface area contributed by atoms with Crippen molar-refractivity contribution < 1.29 is 4.79 Å². The highest BCUT2D eigenvalue weighted by molar-refractivity contribution is 5.98. The van der Waals surface area contributed by atoms with Crippen LogP contribution in [0, 0.1) is 0 Å². The summed E-state index contributed by atoms with van der Waals surface area (Å²) in [7, 11) is 4.09. The second kappa shape index (κ2) is 5.72. The molecule has 1 heterocycles. The van der Waals surface area contributed by atoms with Gasteiger partial charge in [-0.05, 0) is 58.1 Å². The Morgan fingerprint density at radius 3 is 2.58 bits per heavy atom. The maximum atomic E-state index is 12.2. The normalized spacial score (nSPS) is 22.7. The van der Waals surface area contributed by atoms with Crippen molar-refractivity contribution in [1.82, 2.24) is 10.2 Å². The number of hydrogen-bond donors (Lipinski definition) is 2. The van der Waals surface area contributed by atoms with Crippen LogP contribution in [-0.4, -0.2) is 37.0 Å². The summed E-state index contributed by atoms with van der Waals surface area (Å²) < 4.78 is 0. The zero-order chi connectivity index (χ0) is 13.9. The van der Waals surface area contributed by atoms with Crippen LogP contribution in [0.25, 0.3) is 0 Å². The van der Waals surface area contributed by atoms with Crippen molar-refractivity contribution in [2.45, 2.75) is 31.8 Å². The molecule has 4 nitrogen and oxygen atoms in total. The molecule has 0 saturated carbocycles. The fourth-order valence-electron chi connectivity index (χ4n) is 2.42. The van der Waals surface area contributed by atoms with Gasteiger partial charge >= 0.3 is 0 Å². The lowest BCUT2D eigenvalue weighted by atomic mass is 9.99. The van der Waals surface area contributed by atoms with E-state index in [1.54, 1.807) is 0 Å². The van der Waals surface area contributed by atoms with Gasteiger partial charge in [-0.15, -0.1) is 0 Å². The van der Waals surface area contributed by atoms with Crippen LogP contribution in [0.4, 0.5) is 5.69 Å². The van der Waals surface area contributed by atoms with Crippen molar-refractivity contribution in [1.29, 1.82) is 0 Å². The third-order valence-corrected chi connectivity index (χ3v) is 3.58. The third kappa shape index (κ3) is 3.55. The lowest BCUT2D eigenvalue weighted by Gasteiger charge is -2.23. The third-order valence-electron chi connectivity index (χ3n) is 3.58. The number of carbonyl (C=O) groups is 1. The molecule has 0 aliphatic carbocycles. The number of carbonyl (C=O) groups excluding carboxylic acids is 1. The van der Waals surface area contributed by atoms with E-state index in [1.807, 2.05) is 33.2 Å². The molecule has 1 saturated heterocycles. The second-order valence-electron chi connectivity index (χ2n) is 5.75. The van der Waals surface area contributed by atoms with Gasteiger partial charge in [-0.2, -0.15) is 0 Å². The predicted molar refractivity (Wildman–Crippen MR) is 78.1 cm³/mol. The molecule has 1 unspecified atom stereocenters. The SMILES string of the molecule is CN(C)Cc1ccc(NC(=O)C2(C)CCCN2)cc1. The van der Waals surface area contributed by atoms with Gasteiger partial charge in [0.25, 0.3) is 0 Å². The van der Waals surface area contributed by atoms with E-state index >= 15 is 0 Å². The highest BCUT2D eigenvalue weighted by Gasteiger charge is 2.35. The van der Waals surface area contributed by atoms with E-state index in [1.165, 1.54) is 5.56 Å². The highest BCUT2D eigenvalue weighted by Crippen LogP contribution is 2.21. The molecule has 1 fully saturated rings. The Hall–Kier alpha value is -1.39. The van der Waals surface area contributed by atoms with Gasteiger partial charge in [-0.3, -0.25) is 4.79 Å². The monoisotopic (exact) mass is 261 g/mol. The fourth-order valence-corrected chi connectivity index (χ4v) is 2.42. The lowest BCUT2D eigenvalue weighted by molar-refractivity contribution is -0.121. The van der Waals surface area contributed by atoms with Crippen molar-refractivity contribution in [3.05, 3.63) is 29.8 Å². The molecule has 1 atom stereocenters. The van der Waals surface area contributed by atoms with Gasteiger partial charge in [0.15, 0.2) is 0 Å². The summed E-state index contributed by atoms with van der Waals surface area (Å²) in [5.41, 5.74) is 1.69. The van der Waals surface area contributed by atoms with Crippen LogP contribution in [0.5, 0.6) is 0 Å². The van der Waals surface area contributed by atoms with Gasteiger partial charge in [0.05, 0.1) is 5.54 Å². The molecule has 1 aliphatic heterocycles. The van der Waals surface area contributed by atoms with Crippen molar-refractivity contribution in [2.75, 3.05) is 26.0 Å². The largest absolute Gasteiger partial charge is 0.324 e. The molecule has 4 heteroatoms. The standard InChI is InChI=1S/C15H23N3O/c1-15(9-4-10-16-15)14(19)17-13-7-5-12(6-8-13)11-18(2)3/h5-8,16H,4,9-11H2,1-3H3,(H,17,19). The summed E-state index contributed by atoms with van der Waals surface area (Å²) in [5.74, 6) is 0.0605. The molecule has 2 rings (SSSR count). The maximum Gasteiger partial charge on any atom is 0.244 e. The summed E-state index contributed by atoms with van der Waals surface area (Å²) in [6.45, 7) is 3.80. The average Bonchev–Trinajstić information content (AvgIpc) is 2.79. The highest BCUT2D eigenvalue weighted by atomic mass is 16.2. The van der Waals surface area contributed by atoms with Crippen LogP contribution >= 0.6 is 0 Å². The first-order valence-corrected chi connectivity index (χ1v) is 6.80. The zero-order valence-corrected chi connectivity index (χ0v) is 12.0. The molecule has 0 bridgehead atoms. The first-order chi connectivity index (χ1) is 8.99. The Balaban J connectivity index is 1.97. The van der Waals surface area contributed by atoms with Gasteiger partial charge < -0.3 is 15.5 Å². The van der Waals surface area contributed by atoms with Crippen LogP contribution in [-0.2, 0) is 11.3 Å². The Bertz CT molecular complexity index is 433. The second-order valence-corrected chi connectivity index (χ2v) is 5.75. The molecule has 0 radical (unpaired) electrons. The molecule has 104 valence electrons. The number of hydrogen-bond acceptors (Lipinski definition) is 3. The molecular weight excluding hydrogens is 238 g/mol. The average molecular weight is 261 g/mol. The Morgan fingerprint density at radius 2 is 2.05 bits per heavy atom. The number of rotatable bonds is 4. The Morgan fingerprint density at radius 1 is 1.37 bits per heavy atom. The molecule has 2 N–H and O–H groups in total. The fraction of sp³-hybridized carbons (Fsp3) is 0.533. The van der Waals surface area contributed by atoms with Crippen molar-refractivity contribution in [3.63, 3.8) is 0 Å². The minimum atomic E-state index is -0.414. The minimum Gasteiger partial charge on any atom is -0.324 e. The molecule has 1 aliphatic rings. The molecule has 19 heavy (non-hydrogen) atoms. The molecule has 1 amide bonds. The molecule has 1 aromatic carbocycles. The van der Waals surface area contributed by atoms with Crippen LogP contribution in [0.15, 0.2) is 24.3 Å². The van der Waals surface area contributed by atoms with Crippen LogP contribution in [0.3, 0.4) is 0 Å². The van der Waals surface area contributed by atoms with Crippen molar-refractivity contribution in [3.8, 4) is 0 Å². The van der Waals surface area contributed by atoms with Crippen molar-refractivity contribution >= 4 is 11.6 Å². The van der Waals surface area contributed by atoms with E-state index in [4.69, 9.17) is 0 Å². The van der Waals surface area contributed by atoms with Gasteiger partial charge in [0.1, 0.15) is 0 Å². The van der Waals surface area contributed by atoms with Gasteiger partial charge in [0, 0.05) is 12.2 Å². The number of nitrogens with zero attached hydrogens (tertiary/aromatic N) is 1. The number of nitrogens with one attached hydrogen (secondary N) is 2. The quantitative estimate of drug-likeness (QED) is 0.869. The molecule has 1 aromatic rings. The summed E-state index contributed by atoms with van der Waals surface area (Å²) in [5, 5.41) is 6.26. The zero-order valence-electron chi connectivity index (χ0n) is 12.0. The number of benzene rings is 1. The van der Waals surface area contributed by atoms with Crippen LogP contribution in [0.2, 0.25) is 0 Å². The minimum absolute atomic E-state index is 0.0605. The van der Waals surface area contributed by atoms with E-state index in [-0.39, 0.29) is 5.91 Å². The Kier molecular flexibility index (Phi) is 4.22.